The van der Waals surface area contributed by atoms with Crippen LogP contribution in [0.25, 0.3) is 10.2 Å². The van der Waals surface area contributed by atoms with Gasteiger partial charge in [0.25, 0.3) is 0 Å². The Bertz CT molecular complexity index is 1010. The number of benzene rings is 2. The van der Waals surface area contributed by atoms with Crippen LogP contribution in [0.2, 0.25) is 0 Å². The fourth-order valence-electron chi connectivity index (χ4n) is 4.43. The molecule has 3 aromatic rings. The van der Waals surface area contributed by atoms with Gasteiger partial charge in [-0.05, 0) is 61.4 Å². The number of ether oxygens (including phenoxy) is 1. The van der Waals surface area contributed by atoms with E-state index in [2.05, 4.69) is 20.7 Å². The molecule has 8 heteroatoms. The van der Waals surface area contributed by atoms with Crippen molar-refractivity contribution >= 4 is 27.2 Å². The van der Waals surface area contributed by atoms with E-state index in [1.54, 1.807) is 12.1 Å². The van der Waals surface area contributed by atoms with E-state index in [0.29, 0.717) is 0 Å². The Hall–Kier alpha value is -2.48. The highest BCUT2D eigenvalue weighted by Crippen LogP contribution is 2.36. The lowest BCUT2D eigenvalue weighted by Gasteiger charge is -2.33. The first-order valence-electron chi connectivity index (χ1n) is 11.0. The third kappa shape index (κ3) is 6.06. The number of fused-ring (bicyclic) bond motifs is 1. The topological polar surface area (TPSA) is 45.3 Å². The molecule has 32 heavy (non-hydrogen) atoms. The maximum atomic E-state index is 12.2. The SMILES string of the molecule is [O]c1nc2c(N3CCC(CCCCCc4ccc(OC(F)(F)F)cc4)CC3)cccc2s1. The van der Waals surface area contributed by atoms with Crippen molar-refractivity contribution in [2.75, 3.05) is 18.0 Å². The van der Waals surface area contributed by atoms with E-state index in [9.17, 15) is 18.3 Å². The molecule has 0 amide bonds. The maximum Gasteiger partial charge on any atom is 0.573 e. The summed E-state index contributed by atoms with van der Waals surface area (Å²) in [5, 5.41) is 11.5. The van der Waals surface area contributed by atoms with Crippen LogP contribution in [0.3, 0.4) is 0 Å². The number of aryl methyl sites for hydroxylation is 1. The Morgan fingerprint density at radius 3 is 2.50 bits per heavy atom. The lowest BCUT2D eigenvalue weighted by atomic mass is 9.90. The molecule has 1 aliphatic rings. The Morgan fingerprint density at radius 1 is 1.03 bits per heavy atom. The fraction of sp³-hybridized carbons (Fsp3) is 0.458. The van der Waals surface area contributed by atoms with Crippen molar-refractivity contribution < 1.29 is 23.0 Å². The van der Waals surface area contributed by atoms with Gasteiger partial charge in [0, 0.05) is 13.1 Å². The first kappa shape index (κ1) is 22.7. The molecule has 1 fully saturated rings. The molecule has 2 aromatic carbocycles. The molecule has 1 aromatic heterocycles. The van der Waals surface area contributed by atoms with E-state index in [-0.39, 0.29) is 10.9 Å². The van der Waals surface area contributed by atoms with Crippen LogP contribution < -0.4 is 9.64 Å². The number of hydrogen-bond donors (Lipinski definition) is 0. The third-order valence-corrected chi connectivity index (χ3v) is 6.88. The van der Waals surface area contributed by atoms with Gasteiger partial charge in [-0.1, -0.05) is 48.8 Å². The smallest absolute Gasteiger partial charge is 0.406 e. The van der Waals surface area contributed by atoms with Crippen LogP contribution in [0.5, 0.6) is 10.9 Å². The lowest BCUT2D eigenvalue weighted by Crippen LogP contribution is -2.33. The van der Waals surface area contributed by atoms with Gasteiger partial charge >= 0.3 is 11.6 Å². The number of thiazole rings is 1. The van der Waals surface area contributed by atoms with Gasteiger partial charge in [0.2, 0.25) is 0 Å². The van der Waals surface area contributed by atoms with E-state index < -0.39 is 6.36 Å². The molecule has 0 aliphatic carbocycles. The number of anilines is 1. The van der Waals surface area contributed by atoms with Crippen molar-refractivity contribution in [3.05, 3.63) is 48.0 Å². The molecule has 0 spiro atoms. The molecule has 171 valence electrons. The zero-order valence-corrected chi connectivity index (χ0v) is 18.6. The van der Waals surface area contributed by atoms with Crippen molar-refractivity contribution in [3.63, 3.8) is 0 Å². The van der Waals surface area contributed by atoms with Crippen molar-refractivity contribution in [2.45, 2.75) is 51.3 Å². The predicted molar refractivity (Wildman–Crippen MR) is 120 cm³/mol. The molecule has 1 radical (unpaired) electrons. The first-order valence-corrected chi connectivity index (χ1v) is 11.9. The lowest BCUT2D eigenvalue weighted by molar-refractivity contribution is -0.274. The fourth-order valence-corrected chi connectivity index (χ4v) is 5.15. The molecule has 0 atom stereocenters. The summed E-state index contributed by atoms with van der Waals surface area (Å²) < 4.78 is 41.5. The van der Waals surface area contributed by atoms with E-state index in [4.69, 9.17) is 0 Å². The second-order valence-corrected chi connectivity index (χ2v) is 9.32. The van der Waals surface area contributed by atoms with Gasteiger partial charge in [0.05, 0.1) is 10.4 Å². The number of nitrogens with zero attached hydrogens (tertiary/aromatic N) is 2. The Morgan fingerprint density at radius 2 is 1.78 bits per heavy atom. The molecule has 0 unspecified atom stereocenters. The summed E-state index contributed by atoms with van der Waals surface area (Å²) in [6, 6.07) is 12.2. The zero-order valence-electron chi connectivity index (χ0n) is 17.7. The van der Waals surface area contributed by atoms with Gasteiger partial charge in [0.1, 0.15) is 11.3 Å². The third-order valence-electron chi connectivity index (χ3n) is 6.07. The molecule has 4 rings (SSSR count). The molecule has 1 aliphatic heterocycles. The number of piperidine rings is 1. The van der Waals surface area contributed by atoms with Gasteiger partial charge < -0.3 is 9.64 Å². The minimum atomic E-state index is -4.65. The van der Waals surface area contributed by atoms with Crippen LogP contribution in [0.1, 0.15) is 44.1 Å². The quantitative estimate of drug-likeness (QED) is 0.328. The molecule has 0 bridgehead atoms. The Kier molecular flexibility index (Phi) is 7.08. The number of rotatable bonds is 8. The summed E-state index contributed by atoms with van der Waals surface area (Å²) in [6.07, 6.45) is 3.03. The van der Waals surface area contributed by atoms with Gasteiger partial charge in [-0.2, -0.15) is 4.98 Å². The summed E-state index contributed by atoms with van der Waals surface area (Å²) >= 11 is 1.20. The number of halogens is 3. The summed E-state index contributed by atoms with van der Waals surface area (Å²) in [6.45, 7) is 1.98. The van der Waals surface area contributed by atoms with Crippen LogP contribution in [0.15, 0.2) is 42.5 Å². The molecule has 0 N–H and O–H groups in total. The molecule has 4 nitrogen and oxygen atoms in total. The summed E-state index contributed by atoms with van der Waals surface area (Å²) in [5.41, 5.74) is 2.94. The highest BCUT2D eigenvalue weighted by atomic mass is 32.1. The number of unbranched alkanes of at least 4 members (excludes halogenated alkanes) is 2. The van der Waals surface area contributed by atoms with Crippen molar-refractivity contribution in [1.29, 1.82) is 0 Å². The zero-order chi connectivity index (χ0) is 22.6. The number of alkyl halides is 3. The minimum absolute atomic E-state index is 0.132. The monoisotopic (exact) mass is 463 g/mol. The van der Waals surface area contributed by atoms with Crippen LogP contribution in [-0.4, -0.2) is 24.4 Å². The molecular weight excluding hydrogens is 437 g/mol. The van der Waals surface area contributed by atoms with Crippen LogP contribution >= 0.6 is 11.3 Å². The Labute approximate surface area is 189 Å². The summed E-state index contributed by atoms with van der Waals surface area (Å²) in [7, 11) is 0. The van der Waals surface area contributed by atoms with Gasteiger partial charge in [-0.3, -0.25) is 5.11 Å². The average molecular weight is 464 g/mol. The van der Waals surface area contributed by atoms with Gasteiger partial charge in [-0.25, -0.2) is 0 Å². The van der Waals surface area contributed by atoms with Crippen LogP contribution in [-0.2, 0) is 11.5 Å². The second-order valence-electron chi connectivity index (χ2n) is 8.33. The van der Waals surface area contributed by atoms with E-state index >= 15 is 0 Å². The normalized spacial score (nSPS) is 15.4. The Balaban J connectivity index is 1.15. The van der Waals surface area contributed by atoms with Crippen molar-refractivity contribution in [2.24, 2.45) is 5.92 Å². The molecular formula is C24H26F3N2O2S. The largest absolute Gasteiger partial charge is 0.573 e. The summed E-state index contributed by atoms with van der Waals surface area (Å²) in [5.74, 6) is 0.543. The maximum absolute atomic E-state index is 12.2. The van der Waals surface area contributed by atoms with E-state index in [1.165, 1.54) is 36.3 Å². The van der Waals surface area contributed by atoms with Crippen molar-refractivity contribution in [3.8, 4) is 10.9 Å². The van der Waals surface area contributed by atoms with Gasteiger partial charge in [-0.15, -0.1) is 13.2 Å². The number of hydrogen-bond acceptors (Lipinski definition) is 4. The highest BCUT2D eigenvalue weighted by Gasteiger charge is 2.31. The highest BCUT2D eigenvalue weighted by molar-refractivity contribution is 7.20. The standard InChI is InChI=1S/C24H26F3N2O2S/c25-24(26,27)31-19-11-9-17(10-12-19)5-2-1-3-6-18-13-15-29(16-14-18)20-7-4-8-21-22(20)28-23(30)32-21/h4,7-12,18H,1-3,5-6,13-16H2. The van der Waals surface area contributed by atoms with Gasteiger partial charge in [0.15, 0.2) is 0 Å². The van der Waals surface area contributed by atoms with E-state index in [0.717, 1.165) is 72.6 Å². The summed E-state index contributed by atoms with van der Waals surface area (Å²) in [4.78, 5) is 6.54. The second kappa shape index (κ2) is 9.98. The minimum Gasteiger partial charge on any atom is -0.406 e. The number of aromatic nitrogens is 1. The predicted octanol–water partition coefficient (Wildman–Crippen LogP) is 7.36. The molecule has 1 saturated heterocycles. The average Bonchev–Trinajstić information content (AvgIpc) is 3.14. The number of para-hydroxylation sites is 1. The van der Waals surface area contributed by atoms with Crippen molar-refractivity contribution in [1.82, 2.24) is 4.98 Å². The molecule has 0 saturated carbocycles. The van der Waals surface area contributed by atoms with Crippen LogP contribution in [0.4, 0.5) is 18.9 Å². The van der Waals surface area contributed by atoms with E-state index in [1.807, 2.05) is 12.1 Å². The molecule has 2 heterocycles. The van der Waals surface area contributed by atoms with Crippen LogP contribution in [0, 0.1) is 5.92 Å². The first-order chi connectivity index (χ1) is 15.4.